The summed E-state index contributed by atoms with van der Waals surface area (Å²) in [7, 11) is 0. The van der Waals surface area contributed by atoms with Crippen LogP contribution in [0.4, 0.5) is 0 Å². The van der Waals surface area contributed by atoms with E-state index in [2.05, 4.69) is 6.58 Å². The second-order valence-corrected chi connectivity index (χ2v) is 7.25. The fourth-order valence-electron chi connectivity index (χ4n) is 3.43. The molecule has 0 aromatic heterocycles. The lowest BCUT2D eigenvalue weighted by Crippen LogP contribution is -2.41. The summed E-state index contributed by atoms with van der Waals surface area (Å²) >= 11 is 0. The van der Waals surface area contributed by atoms with Gasteiger partial charge in [-0.3, -0.25) is 9.59 Å². The van der Waals surface area contributed by atoms with Crippen LogP contribution in [0.3, 0.4) is 0 Å². The highest BCUT2D eigenvalue weighted by atomic mass is 16.5. The third-order valence-corrected chi connectivity index (χ3v) is 4.87. The first-order valence-electron chi connectivity index (χ1n) is 9.61. The maximum atomic E-state index is 12.9. The van der Waals surface area contributed by atoms with Crippen molar-refractivity contribution in [2.75, 3.05) is 39.4 Å². The largest absolute Gasteiger partial charge is 0.489 e. The van der Waals surface area contributed by atoms with Gasteiger partial charge >= 0.3 is 0 Å². The van der Waals surface area contributed by atoms with Crippen LogP contribution >= 0.6 is 0 Å². The van der Waals surface area contributed by atoms with E-state index >= 15 is 0 Å². The summed E-state index contributed by atoms with van der Waals surface area (Å²) in [5.41, 5.74) is 1.53. The second-order valence-electron chi connectivity index (χ2n) is 7.25. The Morgan fingerprint density at radius 1 is 1.19 bits per heavy atom. The molecule has 2 saturated heterocycles. The molecule has 2 amide bonds. The monoisotopic (exact) mass is 372 g/mol. The van der Waals surface area contributed by atoms with Gasteiger partial charge in [0.15, 0.2) is 0 Å². The molecule has 1 aromatic rings. The number of ether oxygens (including phenoxy) is 2. The van der Waals surface area contributed by atoms with Crippen LogP contribution < -0.4 is 4.74 Å². The molecule has 0 N–H and O–H groups in total. The fourth-order valence-corrected chi connectivity index (χ4v) is 3.43. The van der Waals surface area contributed by atoms with Gasteiger partial charge in [0.25, 0.3) is 11.8 Å². The number of rotatable bonds is 5. The number of amides is 2. The predicted octanol–water partition coefficient (Wildman–Crippen LogP) is 2.50. The molecule has 0 unspecified atom stereocenters. The van der Waals surface area contributed by atoms with Gasteiger partial charge in [-0.2, -0.15) is 0 Å². The highest BCUT2D eigenvalue weighted by Gasteiger charge is 2.30. The van der Waals surface area contributed by atoms with E-state index in [-0.39, 0.29) is 17.9 Å². The number of hydrogen-bond acceptors (Lipinski definition) is 4. The Balaban J connectivity index is 1.59. The Morgan fingerprint density at radius 2 is 1.96 bits per heavy atom. The van der Waals surface area contributed by atoms with Gasteiger partial charge in [-0.25, -0.2) is 0 Å². The molecule has 0 spiro atoms. The minimum Gasteiger partial charge on any atom is -0.489 e. The molecule has 1 atom stereocenters. The summed E-state index contributed by atoms with van der Waals surface area (Å²) in [4.78, 5) is 29.1. The predicted molar refractivity (Wildman–Crippen MR) is 103 cm³/mol. The van der Waals surface area contributed by atoms with Gasteiger partial charge < -0.3 is 19.3 Å². The summed E-state index contributed by atoms with van der Waals surface area (Å²) in [6.45, 7) is 9.22. The van der Waals surface area contributed by atoms with E-state index in [0.717, 1.165) is 24.8 Å². The zero-order valence-corrected chi connectivity index (χ0v) is 16.0. The summed E-state index contributed by atoms with van der Waals surface area (Å²) < 4.78 is 11.2. The van der Waals surface area contributed by atoms with E-state index in [0.29, 0.717) is 50.7 Å². The lowest BCUT2D eigenvalue weighted by molar-refractivity contribution is -0.140. The average molecular weight is 372 g/mol. The molecule has 0 bridgehead atoms. The highest BCUT2D eigenvalue weighted by molar-refractivity contribution is 5.94. The highest BCUT2D eigenvalue weighted by Crippen LogP contribution is 2.19. The molecule has 3 rings (SSSR count). The van der Waals surface area contributed by atoms with Crippen molar-refractivity contribution >= 4 is 11.8 Å². The van der Waals surface area contributed by atoms with E-state index in [1.54, 1.807) is 12.1 Å². The maximum Gasteiger partial charge on any atom is 0.254 e. The van der Waals surface area contributed by atoms with Crippen molar-refractivity contribution in [3.8, 4) is 5.75 Å². The quantitative estimate of drug-likeness (QED) is 0.745. The Morgan fingerprint density at radius 3 is 2.70 bits per heavy atom. The van der Waals surface area contributed by atoms with Crippen LogP contribution in [0, 0.1) is 0 Å². The maximum absolute atomic E-state index is 12.9. The van der Waals surface area contributed by atoms with E-state index in [9.17, 15) is 9.59 Å². The molecule has 1 aromatic carbocycles. The van der Waals surface area contributed by atoms with Gasteiger partial charge in [0, 0.05) is 38.3 Å². The van der Waals surface area contributed by atoms with Crippen molar-refractivity contribution in [1.29, 1.82) is 0 Å². The van der Waals surface area contributed by atoms with Gasteiger partial charge in [0.2, 0.25) is 0 Å². The molecule has 0 saturated carbocycles. The van der Waals surface area contributed by atoms with Gasteiger partial charge in [-0.1, -0.05) is 12.6 Å². The topological polar surface area (TPSA) is 59.1 Å². The number of carbonyl (C=O) groups is 2. The van der Waals surface area contributed by atoms with Crippen LogP contribution in [0.15, 0.2) is 36.4 Å². The van der Waals surface area contributed by atoms with E-state index in [4.69, 9.17) is 9.47 Å². The van der Waals surface area contributed by atoms with Crippen LogP contribution in [0.5, 0.6) is 5.75 Å². The molecule has 0 radical (unpaired) electrons. The van der Waals surface area contributed by atoms with Gasteiger partial charge in [0.1, 0.15) is 18.5 Å². The number of carbonyl (C=O) groups excluding carboxylic acids is 2. The first-order valence-corrected chi connectivity index (χ1v) is 9.61. The minimum absolute atomic E-state index is 0.0257. The normalized spacial score (nSPS) is 20.3. The average Bonchev–Trinajstić information content (AvgIpc) is 3.10. The van der Waals surface area contributed by atoms with E-state index in [1.165, 1.54) is 0 Å². The smallest absolute Gasteiger partial charge is 0.254 e. The van der Waals surface area contributed by atoms with E-state index in [1.807, 2.05) is 28.9 Å². The molecule has 2 aliphatic rings. The van der Waals surface area contributed by atoms with Crippen LogP contribution in [0.1, 0.15) is 36.5 Å². The zero-order chi connectivity index (χ0) is 19.2. The number of nitrogens with zero attached hydrogens (tertiary/aromatic N) is 2. The number of benzene rings is 1. The van der Waals surface area contributed by atoms with Crippen molar-refractivity contribution in [3.63, 3.8) is 0 Å². The summed E-state index contributed by atoms with van der Waals surface area (Å²) in [6.07, 6.45) is 2.22. The molecular weight excluding hydrogens is 344 g/mol. The molecule has 0 aliphatic carbocycles. The van der Waals surface area contributed by atoms with Crippen molar-refractivity contribution in [3.05, 3.63) is 42.0 Å². The first-order chi connectivity index (χ1) is 13.0. The minimum atomic E-state index is -0.297. The summed E-state index contributed by atoms with van der Waals surface area (Å²) in [5.74, 6) is 0.702. The SMILES string of the molecule is C=C(C)COc1cccc(C(=O)N2CCCN(C(=O)[C@H]3CCCO3)CC2)c1. The van der Waals surface area contributed by atoms with Crippen LogP contribution in [0.2, 0.25) is 0 Å². The Kier molecular flexibility index (Phi) is 6.50. The molecule has 2 heterocycles. The van der Waals surface area contributed by atoms with Crippen LogP contribution in [-0.2, 0) is 9.53 Å². The lowest BCUT2D eigenvalue weighted by Gasteiger charge is -2.24. The standard InChI is InChI=1S/C21H28N2O4/c1-16(2)15-27-18-7-3-6-17(14-18)20(24)22-9-5-10-23(12-11-22)21(25)19-8-4-13-26-19/h3,6-7,14,19H,1,4-5,8-13,15H2,2H3/t19-/m1/s1. The molecule has 6 heteroatoms. The molecule has 27 heavy (non-hydrogen) atoms. The first kappa shape index (κ1) is 19.4. The molecule has 2 aliphatic heterocycles. The van der Waals surface area contributed by atoms with Crippen LogP contribution in [0.25, 0.3) is 0 Å². The Labute approximate surface area is 160 Å². The Bertz CT molecular complexity index is 697. The van der Waals surface area contributed by atoms with Crippen LogP contribution in [-0.4, -0.2) is 67.1 Å². The molecular formula is C21H28N2O4. The molecule has 146 valence electrons. The molecule has 6 nitrogen and oxygen atoms in total. The summed E-state index contributed by atoms with van der Waals surface area (Å²) in [6, 6.07) is 7.23. The number of hydrogen-bond donors (Lipinski definition) is 0. The third-order valence-electron chi connectivity index (χ3n) is 4.87. The summed E-state index contributed by atoms with van der Waals surface area (Å²) in [5, 5.41) is 0. The molecule has 2 fully saturated rings. The Hall–Kier alpha value is -2.34. The third kappa shape index (κ3) is 5.10. The van der Waals surface area contributed by atoms with Gasteiger partial charge in [0.05, 0.1) is 0 Å². The van der Waals surface area contributed by atoms with Gasteiger partial charge in [-0.15, -0.1) is 0 Å². The van der Waals surface area contributed by atoms with Crippen molar-refractivity contribution in [2.45, 2.75) is 32.3 Å². The van der Waals surface area contributed by atoms with Gasteiger partial charge in [-0.05, 0) is 50.0 Å². The second kappa shape index (κ2) is 9.04. The lowest BCUT2D eigenvalue weighted by atomic mass is 10.2. The van der Waals surface area contributed by atoms with E-state index < -0.39 is 0 Å². The van der Waals surface area contributed by atoms with Crippen molar-refractivity contribution < 1.29 is 19.1 Å². The fraction of sp³-hybridized carbons (Fsp3) is 0.524. The van der Waals surface area contributed by atoms with Crippen molar-refractivity contribution in [2.24, 2.45) is 0 Å². The zero-order valence-electron chi connectivity index (χ0n) is 16.0. The van der Waals surface area contributed by atoms with Crippen molar-refractivity contribution in [1.82, 2.24) is 9.80 Å².